The van der Waals surface area contributed by atoms with Gasteiger partial charge in [-0.3, -0.25) is 14.4 Å². The lowest BCUT2D eigenvalue weighted by Crippen LogP contribution is -2.50. The van der Waals surface area contributed by atoms with Crippen LogP contribution in [0.25, 0.3) is 0 Å². The summed E-state index contributed by atoms with van der Waals surface area (Å²) >= 11 is 0. The van der Waals surface area contributed by atoms with Crippen molar-refractivity contribution in [2.75, 3.05) is 13.1 Å². The first-order valence-electron chi connectivity index (χ1n) is 8.54. The summed E-state index contributed by atoms with van der Waals surface area (Å²) in [6, 6.07) is 8.95. The lowest BCUT2D eigenvalue weighted by Gasteiger charge is -2.26. The number of nitrogens with zero attached hydrogens (tertiary/aromatic N) is 1. The largest absolute Gasteiger partial charge is 0.347 e. The lowest BCUT2D eigenvalue weighted by molar-refractivity contribution is -0.143. The maximum Gasteiger partial charge on any atom is 0.289 e. The Kier molecular flexibility index (Phi) is 5.25. The van der Waals surface area contributed by atoms with Crippen LogP contribution >= 0.6 is 0 Å². The summed E-state index contributed by atoms with van der Waals surface area (Å²) in [5, 5.41) is 6.05. The molecule has 2 aliphatic heterocycles. The predicted octanol–water partition coefficient (Wildman–Crippen LogP) is 0.615. The van der Waals surface area contributed by atoms with Crippen LogP contribution in [-0.4, -0.2) is 47.7 Å². The second-order valence-corrected chi connectivity index (χ2v) is 6.42. The van der Waals surface area contributed by atoms with E-state index in [1.54, 1.807) is 4.90 Å². The Hall–Kier alpha value is -2.21. The minimum absolute atomic E-state index is 0.0439. The molecular formula is C18H23N3O3. The molecule has 0 bridgehead atoms. The van der Waals surface area contributed by atoms with Crippen LogP contribution in [-0.2, 0) is 20.9 Å². The molecular weight excluding hydrogens is 306 g/mol. The number of hydrogen-bond acceptors (Lipinski definition) is 4. The zero-order valence-electron chi connectivity index (χ0n) is 13.7. The standard InChI is InChI=1S/C18H23N3O3/c22-16-7-6-15(21(16)12-13-4-2-1-3-5-13)17(23)18(24)20-14-8-10-19-11-9-14/h1-5,14-15,19H,6-12H2,(H,20,24). The summed E-state index contributed by atoms with van der Waals surface area (Å²) < 4.78 is 0. The Morgan fingerprint density at radius 3 is 2.54 bits per heavy atom. The summed E-state index contributed by atoms with van der Waals surface area (Å²) in [7, 11) is 0. The molecule has 0 aliphatic carbocycles. The van der Waals surface area contributed by atoms with E-state index < -0.39 is 17.7 Å². The Morgan fingerprint density at radius 2 is 1.83 bits per heavy atom. The molecule has 24 heavy (non-hydrogen) atoms. The number of ketones is 1. The first-order valence-corrected chi connectivity index (χ1v) is 8.54. The van der Waals surface area contributed by atoms with E-state index in [-0.39, 0.29) is 11.9 Å². The number of rotatable bonds is 5. The van der Waals surface area contributed by atoms with Gasteiger partial charge in [0.2, 0.25) is 11.7 Å². The summed E-state index contributed by atoms with van der Waals surface area (Å²) in [6.07, 6.45) is 2.40. The first-order chi connectivity index (χ1) is 11.6. The van der Waals surface area contributed by atoms with Crippen molar-refractivity contribution in [2.24, 2.45) is 0 Å². The number of amides is 2. The minimum Gasteiger partial charge on any atom is -0.347 e. The predicted molar refractivity (Wildman–Crippen MR) is 89.1 cm³/mol. The number of piperidine rings is 1. The van der Waals surface area contributed by atoms with Crippen LogP contribution in [0.4, 0.5) is 0 Å². The van der Waals surface area contributed by atoms with Gasteiger partial charge < -0.3 is 15.5 Å². The van der Waals surface area contributed by atoms with Gasteiger partial charge in [0, 0.05) is 19.0 Å². The van der Waals surface area contributed by atoms with E-state index in [9.17, 15) is 14.4 Å². The molecule has 1 unspecified atom stereocenters. The average Bonchev–Trinajstić information content (AvgIpc) is 2.97. The third kappa shape index (κ3) is 3.82. The van der Waals surface area contributed by atoms with Gasteiger partial charge in [0.15, 0.2) is 0 Å². The molecule has 0 saturated carbocycles. The molecule has 6 heteroatoms. The second kappa shape index (κ2) is 7.57. The number of Topliss-reactive ketones (excluding diaryl/α,β-unsaturated/α-hetero) is 1. The topological polar surface area (TPSA) is 78.5 Å². The summed E-state index contributed by atoms with van der Waals surface area (Å²) in [5.74, 6) is -1.11. The van der Waals surface area contributed by atoms with E-state index in [2.05, 4.69) is 10.6 Å². The molecule has 0 aromatic heterocycles. The van der Waals surface area contributed by atoms with Crippen LogP contribution in [0.5, 0.6) is 0 Å². The van der Waals surface area contributed by atoms with Gasteiger partial charge in [-0.1, -0.05) is 30.3 Å². The lowest BCUT2D eigenvalue weighted by atomic mass is 10.0. The third-order valence-corrected chi connectivity index (χ3v) is 4.72. The summed E-state index contributed by atoms with van der Waals surface area (Å²) in [6.45, 7) is 2.07. The number of carbonyl (C=O) groups is 3. The highest BCUT2D eigenvalue weighted by molar-refractivity contribution is 6.38. The maximum absolute atomic E-state index is 12.5. The van der Waals surface area contributed by atoms with Crippen LogP contribution in [0, 0.1) is 0 Å². The second-order valence-electron chi connectivity index (χ2n) is 6.42. The Bertz CT molecular complexity index is 611. The van der Waals surface area contributed by atoms with Gasteiger partial charge in [-0.25, -0.2) is 0 Å². The van der Waals surface area contributed by atoms with E-state index in [1.807, 2.05) is 30.3 Å². The van der Waals surface area contributed by atoms with Crippen molar-refractivity contribution in [3.8, 4) is 0 Å². The van der Waals surface area contributed by atoms with Gasteiger partial charge in [0.1, 0.15) is 6.04 Å². The molecule has 1 aromatic carbocycles. The molecule has 6 nitrogen and oxygen atoms in total. The van der Waals surface area contributed by atoms with Gasteiger partial charge in [-0.05, 0) is 37.9 Å². The number of nitrogens with one attached hydrogen (secondary N) is 2. The number of carbonyl (C=O) groups excluding carboxylic acids is 3. The van der Waals surface area contributed by atoms with E-state index in [0.717, 1.165) is 31.5 Å². The fraction of sp³-hybridized carbons (Fsp3) is 0.500. The molecule has 2 aliphatic rings. The molecule has 0 spiro atoms. The van der Waals surface area contributed by atoms with Crippen molar-refractivity contribution in [1.82, 2.24) is 15.5 Å². The van der Waals surface area contributed by atoms with E-state index >= 15 is 0 Å². The monoisotopic (exact) mass is 329 g/mol. The fourth-order valence-corrected chi connectivity index (χ4v) is 3.36. The zero-order valence-corrected chi connectivity index (χ0v) is 13.7. The van der Waals surface area contributed by atoms with E-state index in [1.165, 1.54) is 0 Å². The maximum atomic E-state index is 12.5. The highest BCUT2D eigenvalue weighted by Gasteiger charge is 2.39. The molecule has 2 heterocycles. The van der Waals surface area contributed by atoms with Gasteiger partial charge in [-0.15, -0.1) is 0 Å². The molecule has 2 N–H and O–H groups in total. The van der Waals surface area contributed by atoms with Gasteiger partial charge in [0.05, 0.1) is 0 Å². The highest BCUT2D eigenvalue weighted by atomic mass is 16.2. The fourth-order valence-electron chi connectivity index (χ4n) is 3.36. The normalized spacial score (nSPS) is 21.8. The average molecular weight is 329 g/mol. The van der Waals surface area contributed by atoms with Gasteiger partial charge >= 0.3 is 0 Å². The molecule has 0 radical (unpaired) electrons. The Morgan fingerprint density at radius 1 is 1.12 bits per heavy atom. The quantitative estimate of drug-likeness (QED) is 0.776. The van der Waals surface area contributed by atoms with Crippen LogP contribution in [0.1, 0.15) is 31.2 Å². The molecule has 2 saturated heterocycles. The van der Waals surface area contributed by atoms with Crippen molar-refractivity contribution in [2.45, 2.75) is 44.3 Å². The first kappa shape index (κ1) is 16.6. The van der Waals surface area contributed by atoms with Crippen molar-refractivity contribution < 1.29 is 14.4 Å². The third-order valence-electron chi connectivity index (χ3n) is 4.72. The summed E-state index contributed by atoms with van der Waals surface area (Å²) in [5.41, 5.74) is 0.962. The molecule has 2 fully saturated rings. The molecule has 128 valence electrons. The number of hydrogen-bond donors (Lipinski definition) is 2. The highest BCUT2D eigenvalue weighted by Crippen LogP contribution is 2.22. The molecule has 3 rings (SSSR count). The van der Waals surface area contributed by atoms with Crippen LogP contribution < -0.4 is 10.6 Å². The van der Waals surface area contributed by atoms with E-state index in [4.69, 9.17) is 0 Å². The SMILES string of the molecule is O=C(NC1CCNCC1)C(=O)C1CCC(=O)N1Cc1ccccc1. The van der Waals surface area contributed by atoms with Gasteiger partial charge in [0.25, 0.3) is 5.91 Å². The molecule has 1 aromatic rings. The van der Waals surface area contributed by atoms with Crippen molar-refractivity contribution in [3.05, 3.63) is 35.9 Å². The van der Waals surface area contributed by atoms with Crippen LogP contribution in [0.3, 0.4) is 0 Å². The van der Waals surface area contributed by atoms with Crippen molar-refractivity contribution in [3.63, 3.8) is 0 Å². The minimum atomic E-state index is -0.639. The number of likely N-dealkylation sites (tertiary alicyclic amines) is 1. The number of benzene rings is 1. The van der Waals surface area contributed by atoms with Crippen LogP contribution in [0.2, 0.25) is 0 Å². The van der Waals surface area contributed by atoms with Gasteiger partial charge in [-0.2, -0.15) is 0 Å². The van der Waals surface area contributed by atoms with Crippen LogP contribution in [0.15, 0.2) is 30.3 Å². The van der Waals surface area contributed by atoms with Crippen molar-refractivity contribution in [1.29, 1.82) is 0 Å². The van der Waals surface area contributed by atoms with Crippen molar-refractivity contribution >= 4 is 17.6 Å². The molecule has 1 atom stereocenters. The smallest absolute Gasteiger partial charge is 0.289 e. The Labute approximate surface area is 141 Å². The summed E-state index contributed by atoms with van der Waals surface area (Å²) in [4.78, 5) is 38.5. The molecule has 2 amide bonds. The zero-order chi connectivity index (χ0) is 16.9. The van der Waals surface area contributed by atoms with E-state index in [0.29, 0.717) is 19.4 Å². The Balaban J connectivity index is 1.63.